The zero-order chi connectivity index (χ0) is 16.2. The summed E-state index contributed by atoms with van der Waals surface area (Å²) in [6.45, 7) is 3.94. The number of amides is 1. The second-order valence-electron chi connectivity index (χ2n) is 6.33. The summed E-state index contributed by atoms with van der Waals surface area (Å²) in [7, 11) is 2.10. The largest absolute Gasteiger partial charge is 0.373 e. The van der Waals surface area contributed by atoms with Gasteiger partial charge in [-0.3, -0.25) is 9.78 Å². The van der Waals surface area contributed by atoms with Crippen LogP contribution in [0.5, 0.6) is 0 Å². The number of carbonyl (C=O) groups is 1. The summed E-state index contributed by atoms with van der Waals surface area (Å²) >= 11 is 0. The number of hydrogen-bond donors (Lipinski definition) is 0. The Morgan fingerprint density at radius 1 is 1.13 bits per heavy atom. The number of carbonyl (C=O) groups excluding carboxylic acids is 1. The van der Waals surface area contributed by atoms with Crippen molar-refractivity contribution >= 4 is 17.3 Å². The number of hydrogen-bond acceptors (Lipinski definition) is 3. The molecule has 2 aromatic rings. The Bertz CT molecular complexity index is 671. The molecule has 120 valence electrons. The van der Waals surface area contributed by atoms with Crippen LogP contribution in [-0.4, -0.2) is 31.0 Å². The van der Waals surface area contributed by atoms with E-state index in [4.69, 9.17) is 0 Å². The highest BCUT2D eigenvalue weighted by molar-refractivity contribution is 5.97. The minimum absolute atomic E-state index is 0.191. The number of benzene rings is 1. The van der Waals surface area contributed by atoms with E-state index in [0.717, 1.165) is 36.4 Å². The van der Waals surface area contributed by atoms with Crippen LogP contribution in [-0.2, 0) is 11.2 Å². The minimum Gasteiger partial charge on any atom is -0.373 e. The maximum Gasteiger partial charge on any atom is 0.227 e. The lowest BCUT2D eigenvalue weighted by Crippen LogP contribution is -2.35. The third kappa shape index (κ3) is 3.52. The number of pyridine rings is 1. The molecule has 0 unspecified atom stereocenters. The summed E-state index contributed by atoms with van der Waals surface area (Å²) in [4.78, 5) is 21.1. The monoisotopic (exact) mass is 309 g/mol. The minimum atomic E-state index is 0.191. The van der Waals surface area contributed by atoms with Crippen molar-refractivity contribution in [3.63, 3.8) is 0 Å². The van der Waals surface area contributed by atoms with Crippen molar-refractivity contribution in [2.45, 2.75) is 19.8 Å². The van der Waals surface area contributed by atoms with Crippen molar-refractivity contribution in [1.82, 2.24) is 4.98 Å². The highest BCUT2D eigenvalue weighted by Crippen LogP contribution is 2.33. The van der Waals surface area contributed by atoms with E-state index in [1.54, 1.807) is 12.4 Å². The van der Waals surface area contributed by atoms with E-state index in [1.165, 1.54) is 0 Å². The molecular weight excluding hydrogens is 286 g/mol. The molecule has 0 spiro atoms. The van der Waals surface area contributed by atoms with Crippen LogP contribution in [0.2, 0.25) is 0 Å². The topological polar surface area (TPSA) is 36.4 Å². The molecule has 1 aromatic carbocycles. The van der Waals surface area contributed by atoms with Gasteiger partial charge in [-0.05, 0) is 42.2 Å². The fourth-order valence-electron chi connectivity index (χ4n) is 3.22. The number of anilines is 2. The Morgan fingerprint density at radius 2 is 1.83 bits per heavy atom. The van der Waals surface area contributed by atoms with Gasteiger partial charge in [0.15, 0.2) is 0 Å². The zero-order valence-electron chi connectivity index (χ0n) is 13.8. The molecule has 0 aliphatic carbocycles. The number of fused-ring (bicyclic) bond motifs is 1. The smallest absolute Gasteiger partial charge is 0.227 e. The predicted molar refractivity (Wildman–Crippen MR) is 93.8 cm³/mol. The number of nitrogens with zero attached hydrogens (tertiary/aromatic N) is 3. The van der Waals surface area contributed by atoms with Gasteiger partial charge in [0.2, 0.25) is 5.91 Å². The van der Waals surface area contributed by atoms with E-state index < -0.39 is 0 Å². The van der Waals surface area contributed by atoms with Gasteiger partial charge in [0.25, 0.3) is 0 Å². The molecule has 4 nitrogen and oxygen atoms in total. The maximum absolute atomic E-state index is 12.8. The normalized spacial score (nSPS) is 17.6. The summed E-state index contributed by atoms with van der Waals surface area (Å²) in [5, 5.41) is 0. The Hall–Kier alpha value is -2.36. The van der Waals surface area contributed by atoms with E-state index >= 15 is 0 Å². The molecule has 0 radical (unpaired) electrons. The van der Waals surface area contributed by atoms with Crippen LogP contribution in [0.3, 0.4) is 0 Å². The van der Waals surface area contributed by atoms with Gasteiger partial charge in [-0.15, -0.1) is 0 Å². The standard InChI is InChI=1S/C19H23N3O/c1-15-13-21(2)17-5-3-4-6-18(17)22(14-15)19(23)8-7-16-9-11-20-12-10-16/h3-6,9-12,15H,7-8,13-14H2,1-2H3/t15-/m1/s1. The second kappa shape index (κ2) is 6.82. The van der Waals surface area contributed by atoms with Gasteiger partial charge in [-0.25, -0.2) is 0 Å². The van der Waals surface area contributed by atoms with E-state index in [9.17, 15) is 4.79 Å². The highest BCUT2D eigenvalue weighted by atomic mass is 16.2. The first-order chi connectivity index (χ1) is 11.1. The molecule has 23 heavy (non-hydrogen) atoms. The fraction of sp³-hybridized carbons (Fsp3) is 0.368. The highest BCUT2D eigenvalue weighted by Gasteiger charge is 2.26. The van der Waals surface area contributed by atoms with Crippen LogP contribution < -0.4 is 9.80 Å². The molecule has 0 N–H and O–H groups in total. The predicted octanol–water partition coefficient (Wildman–Crippen LogP) is 3.13. The average molecular weight is 309 g/mol. The molecule has 0 fully saturated rings. The quantitative estimate of drug-likeness (QED) is 0.874. The van der Waals surface area contributed by atoms with Gasteiger partial charge in [-0.1, -0.05) is 19.1 Å². The van der Waals surface area contributed by atoms with Gasteiger partial charge in [0.05, 0.1) is 11.4 Å². The van der Waals surface area contributed by atoms with Crippen molar-refractivity contribution in [3.05, 3.63) is 54.4 Å². The molecule has 1 aliphatic rings. The van der Waals surface area contributed by atoms with Crippen molar-refractivity contribution in [1.29, 1.82) is 0 Å². The first-order valence-corrected chi connectivity index (χ1v) is 8.14. The van der Waals surface area contributed by atoms with Crippen LogP contribution in [0, 0.1) is 5.92 Å². The Morgan fingerprint density at radius 3 is 2.57 bits per heavy atom. The number of aromatic nitrogens is 1. The van der Waals surface area contributed by atoms with Crippen LogP contribution >= 0.6 is 0 Å². The molecular formula is C19H23N3O. The van der Waals surface area contributed by atoms with Crippen LogP contribution in [0.4, 0.5) is 11.4 Å². The molecule has 1 aromatic heterocycles. The van der Waals surface area contributed by atoms with E-state index in [2.05, 4.69) is 29.9 Å². The summed E-state index contributed by atoms with van der Waals surface area (Å²) < 4.78 is 0. The molecule has 3 rings (SSSR count). The molecule has 2 heterocycles. The molecule has 4 heteroatoms. The third-order valence-corrected chi connectivity index (χ3v) is 4.34. The van der Waals surface area contributed by atoms with E-state index in [-0.39, 0.29) is 5.91 Å². The molecule has 0 bridgehead atoms. The van der Waals surface area contributed by atoms with Crippen LogP contribution in [0.25, 0.3) is 0 Å². The summed E-state index contributed by atoms with van der Waals surface area (Å²) in [5.74, 6) is 0.633. The first-order valence-electron chi connectivity index (χ1n) is 8.14. The Labute approximate surface area is 137 Å². The van der Waals surface area contributed by atoms with Crippen molar-refractivity contribution in [3.8, 4) is 0 Å². The van der Waals surface area contributed by atoms with Gasteiger partial charge >= 0.3 is 0 Å². The summed E-state index contributed by atoms with van der Waals surface area (Å²) in [6, 6.07) is 12.1. The lowest BCUT2D eigenvalue weighted by molar-refractivity contribution is -0.118. The number of para-hydroxylation sites is 2. The van der Waals surface area contributed by atoms with Gasteiger partial charge < -0.3 is 9.80 Å². The van der Waals surface area contributed by atoms with Gasteiger partial charge in [-0.2, -0.15) is 0 Å². The molecule has 1 atom stereocenters. The van der Waals surface area contributed by atoms with Crippen molar-refractivity contribution < 1.29 is 4.79 Å². The zero-order valence-corrected chi connectivity index (χ0v) is 13.8. The second-order valence-corrected chi connectivity index (χ2v) is 6.33. The third-order valence-electron chi connectivity index (χ3n) is 4.34. The first kappa shape index (κ1) is 15.5. The number of aryl methyl sites for hydroxylation is 1. The molecule has 0 saturated heterocycles. The average Bonchev–Trinajstić information content (AvgIpc) is 2.70. The summed E-state index contributed by atoms with van der Waals surface area (Å²) in [5.41, 5.74) is 3.31. The Kier molecular flexibility index (Phi) is 4.60. The molecule has 1 amide bonds. The van der Waals surface area contributed by atoms with E-state index in [0.29, 0.717) is 12.3 Å². The lowest BCUT2D eigenvalue weighted by Gasteiger charge is -2.24. The van der Waals surface area contributed by atoms with Crippen molar-refractivity contribution in [2.24, 2.45) is 5.92 Å². The van der Waals surface area contributed by atoms with E-state index in [1.807, 2.05) is 35.2 Å². The van der Waals surface area contributed by atoms with Crippen LogP contribution in [0.15, 0.2) is 48.8 Å². The lowest BCUT2D eigenvalue weighted by atomic mass is 10.1. The molecule has 1 aliphatic heterocycles. The van der Waals surface area contributed by atoms with Crippen molar-refractivity contribution in [2.75, 3.05) is 29.9 Å². The Balaban J connectivity index is 1.79. The number of rotatable bonds is 3. The molecule has 0 saturated carbocycles. The van der Waals surface area contributed by atoms with Gasteiger partial charge in [0.1, 0.15) is 0 Å². The van der Waals surface area contributed by atoms with Crippen LogP contribution in [0.1, 0.15) is 18.9 Å². The summed E-state index contributed by atoms with van der Waals surface area (Å²) in [6.07, 6.45) is 4.83. The maximum atomic E-state index is 12.8. The fourth-order valence-corrected chi connectivity index (χ4v) is 3.22. The SMILES string of the molecule is C[C@@H]1CN(C)c2ccccc2N(C(=O)CCc2ccncc2)C1. The van der Waals surface area contributed by atoms with Gasteiger partial charge in [0, 0.05) is 39.0 Å².